The molecule has 1 aromatic heterocycles. The first kappa shape index (κ1) is 14.5. The second-order valence-corrected chi connectivity index (χ2v) is 5.26. The van der Waals surface area contributed by atoms with E-state index in [2.05, 4.69) is 28.4 Å². The van der Waals surface area contributed by atoms with Crippen LogP contribution in [0.1, 0.15) is 18.9 Å². The van der Waals surface area contributed by atoms with Crippen molar-refractivity contribution in [1.82, 2.24) is 20.0 Å². The molecule has 1 N–H and O–H groups in total. The smallest absolute Gasteiger partial charge is 0.0855 e. The number of hydrogen-bond donors (Lipinski definition) is 1. The summed E-state index contributed by atoms with van der Waals surface area (Å²) >= 11 is 0. The van der Waals surface area contributed by atoms with Crippen molar-refractivity contribution in [1.29, 1.82) is 0 Å². The van der Waals surface area contributed by atoms with Gasteiger partial charge in [-0.2, -0.15) is 5.10 Å². The lowest BCUT2D eigenvalue weighted by Crippen LogP contribution is -2.51. The van der Waals surface area contributed by atoms with Gasteiger partial charge in [0.15, 0.2) is 0 Å². The van der Waals surface area contributed by atoms with Crippen molar-refractivity contribution in [3.05, 3.63) is 18.0 Å². The fourth-order valence-electron chi connectivity index (χ4n) is 2.70. The van der Waals surface area contributed by atoms with Crippen molar-refractivity contribution in [2.24, 2.45) is 7.05 Å². The highest BCUT2D eigenvalue weighted by molar-refractivity contribution is 5.04. The van der Waals surface area contributed by atoms with Crippen molar-refractivity contribution in [3.8, 4) is 0 Å². The van der Waals surface area contributed by atoms with Crippen LogP contribution in [0.15, 0.2) is 12.4 Å². The first-order chi connectivity index (χ1) is 9.22. The Bertz CT molecular complexity index is 379. The first-order valence-electron chi connectivity index (χ1n) is 7.21. The lowest BCUT2D eigenvalue weighted by Gasteiger charge is -2.36. The van der Waals surface area contributed by atoms with Gasteiger partial charge in [-0.25, -0.2) is 0 Å². The monoisotopic (exact) mass is 266 g/mol. The minimum atomic E-state index is 0.301. The summed E-state index contributed by atoms with van der Waals surface area (Å²) in [5.41, 5.74) is 1.30. The van der Waals surface area contributed by atoms with Crippen LogP contribution in [0, 0.1) is 0 Å². The SMILES string of the molecule is CCN1CCOC(C(CCc2cnn(C)c2)NC)C1. The molecule has 0 saturated carbocycles. The van der Waals surface area contributed by atoms with Gasteiger partial charge in [-0.3, -0.25) is 9.58 Å². The number of aromatic nitrogens is 2. The van der Waals surface area contributed by atoms with Crippen LogP contribution in [-0.2, 0) is 18.2 Å². The molecule has 0 aliphatic carbocycles. The van der Waals surface area contributed by atoms with Gasteiger partial charge in [0.05, 0.1) is 18.9 Å². The maximum atomic E-state index is 5.93. The average molecular weight is 266 g/mol. The van der Waals surface area contributed by atoms with E-state index in [1.54, 1.807) is 0 Å². The highest BCUT2D eigenvalue weighted by Crippen LogP contribution is 2.13. The predicted octanol–water partition coefficient (Wildman–Crippen LogP) is 0.661. The lowest BCUT2D eigenvalue weighted by molar-refractivity contribution is -0.0449. The van der Waals surface area contributed by atoms with Gasteiger partial charge >= 0.3 is 0 Å². The second-order valence-electron chi connectivity index (χ2n) is 5.26. The molecule has 1 aliphatic heterocycles. The molecule has 1 aliphatic rings. The maximum Gasteiger partial charge on any atom is 0.0855 e. The van der Waals surface area contributed by atoms with Crippen molar-refractivity contribution < 1.29 is 4.74 Å². The number of hydrogen-bond acceptors (Lipinski definition) is 4. The molecule has 0 radical (unpaired) electrons. The van der Waals surface area contributed by atoms with Gasteiger partial charge in [0, 0.05) is 32.4 Å². The van der Waals surface area contributed by atoms with E-state index in [1.165, 1.54) is 5.56 Å². The first-order valence-corrected chi connectivity index (χ1v) is 7.21. The Labute approximate surface area is 115 Å². The van der Waals surface area contributed by atoms with Gasteiger partial charge in [0.2, 0.25) is 0 Å². The van der Waals surface area contributed by atoms with Gasteiger partial charge < -0.3 is 10.1 Å². The van der Waals surface area contributed by atoms with E-state index in [4.69, 9.17) is 4.74 Å². The standard InChI is InChI=1S/C14H26N4O/c1-4-18-7-8-19-14(11-18)13(15-2)6-5-12-9-16-17(3)10-12/h9-10,13-15H,4-8,11H2,1-3H3. The second kappa shape index (κ2) is 7.03. The Morgan fingerprint density at radius 1 is 1.58 bits per heavy atom. The Balaban J connectivity index is 1.85. The Morgan fingerprint density at radius 2 is 2.42 bits per heavy atom. The highest BCUT2D eigenvalue weighted by atomic mass is 16.5. The summed E-state index contributed by atoms with van der Waals surface area (Å²) in [7, 11) is 3.99. The van der Waals surface area contributed by atoms with Gasteiger partial charge in [-0.1, -0.05) is 6.92 Å². The molecular weight excluding hydrogens is 240 g/mol. The Kier molecular flexibility index (Phi) is 5.36. The van der Waals surface area contributed by atoms with Crippen LogP contribution in [0.25, 0.3) is 0 Å². The largest absolute Gasteiger partial charge is 0.374 e. The lowest BCUT2D eigenvalue weighted by atomic mass is 10.0. The van der Waals surface area contributed by atoms with Crippen LogP contribution in [0.3, 0.4) is 0 Å². The molecule has 1 fully saturated rings. The van der Waals surface area contributed by atoms with Gasteiger partial charge in [-0.15, -0.1) is 0 Å². The fourth-order valence-corrected chi connectivity index (χ4v) is 2.70. The summed E-state index contributed by atoms with van der Waals surface area (Å²) in [6, 6.07) is 0.412. The van der Waals surface area contributed by atoms with Gasteiger partial charge in [0.1, 0.15) is 0 Å². The van der Waals surface area contributed by atoms with Crippen molar-refractivity contribution >= 4 is 0 Å². The highest BCUT2D eigenvalue weighted by Gasteiger charge is 2.26. The normalized spacial score (nSPS) is 22.6. The molecule has 2 heterocycles. The molecule has 19 heavy (non-hydrogen) atoms. The quantitative estimate of drug-likeness (QED) is 0.821. The van der Waals surface area contributed by atoms with E-state index in [1.807, 2.05) is 25.0 Å². The van der Waals surface area contributed by atoms with Crippen molar-refractivity contribution in [2.75, 3.05) is 33.3 Å². The van der Waals surface area contributed by atoms with Crippen LogP contribution in [-0.4, -0.2) is 60.1 Å². The van der Waals surface area contributed by atoms with E-state index in [9.17, 15) is 0 Å². The molecule has 2 unspecified atom stereocenters. The number of ether oxygens (including phenoxy) is 1. The zero-order valence-corrected chi connectivity index (χ0v) is 12.3. The summed E-state index contributed by atoms with van der Waals surface area (Å²) in [6.45, 7) is 6.27. The molecule has 0 spiro atoms. The third-order valence-corrected chi connectivity index (χ3v) is 3.95. The number of nitrogens with one attached hydrogen (secondary N) is 1. The van der Waals surface area contributed by atoms with E-state index in [0.717, 1.165) is 39.1 Å². The molecule has 1 saturated heterocycles. The minimum Gasteiger partial charge on any atom is -0.374 e. The molecule has 0 amide bonds. The van der Waals surface area contributed by atoms with Gasteiger partial charge in [-0.05, 0) is 32.0 Å². The molecular formula is C14H26N4O. The topological polar surface area (TPSA) is 42.3 Å². The van der Waals surface area contributed by atoms with Crippen molar-refractivity contribution in [3.63, 3.8) is 0 Å². The van der Waals surface area contributed by atoms with Crippen LogP contribution >= 0.6 is 0 Å². The number of morpholine rings is 1. The molecule has 0 bridgehead atoms. The van der Waals surface area contributed by atoms with E-state index in [-0.39, 0.29) is 0 Å². The minimum absolute atomic E-state index is 0.301. The van der Waals surface area contributed by atoms with E-state index >= 15 is 0 Å². The fraction of sp³-hybridized carbons (Fsp3) is 0.786. The van der Waals surface area contributed by atoms with Crippen LogP contribution in [0.2, 0.25) is 0 Å². The summed E-state index contributed by atoms with van der Waals surface area (Å²) in [6.07, 6.45) is 6.48. The number of nitrogens with zero attached hydrogens (tertiary/aromatic N) is 3. The van der Waals surface area contributed by atoms with E-state index in [0.29, 0.717) is 12.1 Å². The molecule has 5 heteroatoms. The molecule has 0 aromatic carbocycles. The maximum absolute atomic E-state index is 5.93. The molecule has 2 rings (SSSR count). The van der Waals surface area contributed by atoms with Gasteiger partial charge in [0.25, 0.3) is 0 Å². The Hall–Kier alpha value is -0.910. The third kappa shape index (κ3) is 4.03. The summed E-state index contributed by atoms with van der Waals surface area (Å²) in [4.78, 5) is 2.46. The summed E-state index contributed by atoms with van der Waals surface area (Å²) < 4.78 is 7.79. The summed E-state index contributed by atoms with van der Waals surface area (Å²) in [5.74, 6) is 0. The number of aryl methyl sites for hydroxylation is 2. The number of likely N-dealkylation sites (N-methyl/N-ethyl adjacent to an activating group) is 2. The van der Waals surface area contributed by atoms with E-state index < -0.39 is 0 Å². The predicted molar refractivity (Wildman–Crippen MR) is 76.2 cm³/mol. The zero-order valence-electron chi connectivity index (χ0n) is 12.3. The Morgan fingerprint density at radius 3 is 3.05 bits per heavy atom. The zero-order chi connectivity index (χ0) is 13.7. The molecule has 5 nitrogen and oxygen atoms in total. The van der Waals surface area contributed by atoms with Crippen LogP contribution < -0.4 is 5.32 Å². The molecule has 1 aromatic rings. The van der Waals surface area contributed by atoms with Crippen LogP contribution in [0.5, 0.6) is 0 Å². The van der Waals surface area contributed by atoms with Crippen LogP contribution in [0.4, 0.5) is 0 Å². The third-order valence-electron chi connectivity index (χ3n) is 3.95. The summed E-state index contributed by atoms with van der Waals surface area (Å²) in [5, 5.41) is 7.63. The number of rotatable bonds is 6. The molecule has 108 valence electrons. The molecule has 2 atom stereocenters. The average Bonchev–Trinajstić information content (AvgIpc) is 2.85. The van der Waals surface area contributed by atoms with Crippen molar-refractivity contribution in [2.45, 2.75) is 31.9 Å².